The summed E-state index contributed by atoms with van der Waals surface area (Å²) in [6.07, 6.45) is 1.97. The number of carbonyl (C=O) groups is 2. The summed E-state index contributed by atoms with van der Waals surface area (Å²) in [6.45, 7) is 2.60. The fourth-order valence-corrected chi connectivity index (χ4v) is 2.53. The molecule has 6 nitrogen and oxygen atoms in total. The molecule has 1 fully saturated rings. The molecule has 0 saturated carbocycles. The van der Waals surface area contributed by atoms with E-state index in [2.05, 4.69) is 10.3 Å². The molecule has 2 heterocycles. The van der Waals surface area contributed by atoms with Gasteiger partial charge in [0, 0.05) is 12.0 Å². The number of rotatable bonds is 4. The van der Waals surface area contributed by atoms with Crippen molar-refractivity contribution in [2.24, 2.45) is 0 Å². The van der Waals surface area contributed by atoms with Crippen molar-refractivity contribution in [1.29, 1.82) is 0 Å². The maximum atomic E-state index is 11.8. The van der Waals surface area contributed by atoms with Crippen molar-refractivity contribution in [3.05, 3.63) is 16.1 Å². The molecule has 2 rings (SSSR count). The Morgan fingerprint density at radius 1 is 1.67 bits per heavy atom. The molecule has 1 aromatic heterocycles. The molecular weight excluding hydrogens is 256 g/mol. The van der Waals surface area contributed by atoms with Crippen LogP contribution in [0.2, 0.25) is 0 Å². The summed E-state index contributed by atoms with van der Waals surface area (Å²) < 4.78 is 5.47. The molecule has 1 aromatic rings. The molecule has 1 aliphatic heterocycles. The molecule has 2 N–H and O–H groups in total. The summed E-state index contributed by atoms with van der Waals surface area (Å²) in [6, 6.07) is -0.0998. The molecule has 0 bridgehead atoms. The van der Waals surface area contributed by atoms with Crippen molar-refractivity contribution in [3.63, 3.8) is 0 Å². The lowest BCUT2D eigenvalue weighted by atomic mass is 10.1. The monoisotopic (exact) mass is 270 g/mol. The highest BCUT2D eigenvalue weighted by molar-refractivity contribution is 7.11. The summed E-state index contributed by atoms with van der Waals surface area (Å²) in [5, 5.41) is 13.0. The number of nitrogens with one attached hydrogen (secondary N) is 1. The Kier molecular flexibility index (Phi) is 3.93. The predicted octanol–water partition coefficient (Wildman–Crippen LogP) is 1.14. The van der Waals surface area contributed by atoms with Gasteiger partial charge in [0.05, 0.1) is 12.1 Å². The van der Waals surface area contributed by atoms with E-state index in [0.29, 0.717) is 0 Å². The zero-order chi connectivity index (χ0) is 13.1. The molecule has 0 radical (unpaired) electrons. The molecule has 1 aliphatic rings. The van der Waals surface area contributed by atoms with Crippen LogP contribution < -0.4 is 5.32 Å². The zero-order valence-electron chi connectivity index (χ0n) is 9.88. The molecular formula is C11H14N2O4S. The van der Waals surface area contributed by atoms with Crippen molar-refractivity contribution in [1.82, 2.24) is 10.3 Å². The van der Waals surface area contributed by atoms with Gasteiger partial charge in [-0.15, -0.1) is 11.3 Å². The third-order valence-electron chi connectivity index (χ3n) is 2.80. The Balaban J connectivity index is 1.95. The SMILES string of the molecule is CC(NC(=O)c1nc(C(=O)O)cs1)C1CCCO1. The van der Waals surface area contributed by atoms with Crippen LogP contribution in [0.3, 0.4) is 0 Å². The molecule has 1 amide bonds. The van der Waals surface area contributed by atoms with Crippen molar-refractivity contribution < 1.29 is 19.4 Å². The van der Waals surface area contributed by atoms with E-state index in [9.17, 15) is 9.59 Å². The first-order valence-electron chi connectivity index (χ1n) is 5.69. The van der Waals surface area contributed by atoms with Crippen LogP contribution in [0, 0.1) is 0 Å². The average molecular weight is 270 g/mol. The van der Waals surface area contributed by atoms with E-state index >= 15 is 0 Å². The molecule has 1 saturated heterocycles. The van der Waals surface area contributed by atoms with Gasteiger partial charge in [-0.05, 0) is 19.8 Å². The Morgan fingerprint density at radius 2 is 2.44 bits per heavy atom. The molecule has 2 unspecified atom stereocenters. The third kappa shape index (κ3) is 2.85. The summed E-state index contributed by atoms with van der Waals surface area (Å²) in [4.78, 5) is 26.3. The van der Waals surface area contributed by atoms with Gasteiger partial charge in [-0.2, -0.15) is 0 Å². The van der Waals surface area contributed by atoms with E-state index in [0.717, 1.165) is 30.8 Å². The smallest absolute Gasteiger partial charge is 0.355 e. The van der Waals surface area contributed by atoms with Crippen molar-refractivity contribution in [3.8, 4) is 0 Å². The number of ether oxygens (including phenoxy) is 1. The number of thiazole rings is 1. The van der Waals surface area contributed by atoms with Crippen LogP contribution in [0.15, 0.2) is 5.38 Å². The minimum Gasteiger partial charge on any atom is -0.476 e. The van der Waals surface area contributed by atoms with Gasteiger partial charge in [-0.25, -0.2) is 9.78 Å². The number of carbonyl (C=O) groups excluding carboxylic acids is 1. The number of carboxylic acid groups (broad SMARTS) is 1. The van der Waals surface area contributed by atoms with Crippen molar-refractivity contribution in [2.45, 2.75) is 31.9 Å². The Hall–Kier alpha value is -1.47. The number of hydrogen-bond donors (Lipinski definition) is 2. The van der Waals surface area contributed by atoms with E-state index in [4.69, 9.17) is 9.84 Å². The van der Waals surface area contributed by atoms with Crippen LogP contribution in [0.5, 0.6) is 0 Å². The highest BCUT2D eigenvalue weighted by Crippen LogP contribution is 2.16. The first kappa shape index (κ1) is 13.0. The predicted molar refractivity (Wildman–Crippen MR) is 65.0 cm³/mol. The van der Waals surface area contributed by atoms with Crippen LogP contribution >= 0.6 is 11.3 Å². The Morgan fingerprint density at radius 3 is 3.00 bits per heavy atom. The Bertz CT molecular complexity index is 454. The fraction of sp³-hybridized carbons (Fsp3) is 0.545. The third-order valence-corrected chi connectivity index (χ3v) is 3.64. The van der Waals surface area contributed by atoms with Gasteiger partial charge >= 0.3 is 5.97 Å². The normalized spacial score (nSPS) is 20.6. The fourth-order valence-electron chi connectivity index (χ4n) is 1.83. The topological polar surface area (TPSA) is 88.5 Å². The summed E-state index contributed by atoms with van der Waals surface area (Å²) >= 11 is 1.03. The second-order valence-electron chi connectivity index (χ2n) is 4.16. The summed E-state index contributed by atoms with van der Waals surface area (Å²) in [5.41, 5.74) is -0.102. The van der Waals surface area contributed by atoms with Crippen LogP contribution in [0.4, 0.5) is 0 Å². The highest BCUT2D eigenvalue weighted by atomic mass is 32.1. The van der Waals surface area contributed by atoms with Crippen LogP contribution in [-0.4, -0.2) is 40.7 Å². The quantitative estimate of drug-likeness (QED) is 0.856. The maximum Gasteiger partial charge on any atom is 0.355 e. The van der Waals surface area contributed by atoms with Crippen LogP contribution in [0.25, 0.3) is 0 Å². The van der Waals surface area contributed by atoms with E-state index in [-0.39, 0.29) is 28.8 Å². The molecule has 0 aromatic carbocycles. The zero-order valence-corrected chi connectivity index (χ0v) is 10.7. The van der Waals surface area contributed by atoms with Crippen molar-refractivity contribution in [2.75, 3.05) is 6.61 Å². The van der Waals surface area contributed by atoms with Gasteiger partial charge in [0.2, 0.25) is 0 Å². The maximum absolute atomic E-state index is 11.8. The number of carboxylic acids is 1. The van der Waals surface area contributed by atoms with E-state index < -0.39 is 5.97 Å². The summed E-state index contributed by atoms with van der Waals surface area (Å²) in [7, 11) is 0. The summed E-state index contributed by atoms with van der Waals surface area (Å²) in [5.74, 6) is -1.48. The lowest BCUT2D eigenvalue weighted by molar-refractivity contribution is 0.0690. The highest BCUT2D eigenvalue weighted by Gasteiger charge is 2.25. The lowest BCUT2D eigenvalue weighted by Crippen LogP contribution is -2.40. The van der Waals surface area contributed by atoms with E-state index in [1.165, 1.54) is 5.38 Å². The first-order chi connectivity index (χ1) is 8.58. The van der Waals surface area contributed by atoms with Gasteiger partial charge in [0.1, 0.15) is 0 Å². The second-order valence-corrected chi connectivity index (χ2v) is 5.01. The van der Waals surface area contributed by atoms with Gasteiger partial charge in [0.15, 0.2) is 10.7 Å². The van der Waals surface area contributed by atoms with Crippen LogP contribution in [-0.2, 0) is 4.74 Å². The van der Waals surface area contributed by atoms with Gasteiger partial charge < -0.3 is 15.2 Å². The van der Waals surface area contributed by atoms with Crippen molar-refractivity contribution >= 4 is 23.2 Å². The average Bonchev–Trinajstić information content (AvgIpc) is 3.00. The minimum atomic E-state index is -1.13. The second kappa shape index (κ2) is 5.45. The Labute approximate surface area is 108 Å². The van der Waals surface area contributed by atoms with E-state index in [1.807, 2.05) is 6.92 Å². The number of aromatic carboxylic acids is 1. The number of aromatic nitrogens is 1. The molecule has 0 aliphatic carbocycles. The largest absolute Gasteiger partial charge is 0.476 e. The standard InChI is InChI=1S/C11H14N2O4S/c1-6(8-3-2-4-17-8)12-9(14)10-13-7(5-18-10)11(15)16/h5-6,8H,2-4H2,1H3,(H,12,14)(H,15,16). The van der Waals surface area contributed by atoms with Gasteiger partial charge in [-0.1, -0.05) is 0 Å². The molecule has 98 valence electrons. The number of amides is 1. The van der Waals surface area contributed by atoms with Gasteiger partial charge in [0.25, 0.3) is 5.91 Å². The number of hydrogen-bond acceptors (Lipinski definition) is 5. The van der Waals surface area contributed by atoms with E-state index in [1.54, 1.807) is 0 Å². The molecule has 18 heavy (non-hydrogen) atoms. The first-order valence-corrected chi connectivity index (χ1v) is 6.57. The van der Waals surface area contributed by atoms with Gasteiger partial charge in [-0.3, -0.25) is 4.79 Å². The molecule has 0 spiro atoms. The number of nitrogens with zero attached hydrogens (tertiary/aromatic N) is 1. The minimum absolute atomic E-state index is 0.0351. The molecule has 2 atom stereocenters. The lowest BCUT2D eigenvalue weighted by Gasteiger charge is -2.19. The molecule has 7 heteroatoms. The van der Waals surface area contributed by atoms with Crippen LogP contribution in [0.1, 0.15) is 40.1 Å².